The smallest absolute Gasteiger partial charge is 0.211 e. The third-order valence-corrected chi connectivity index (χ3v) is 6.12. The summed E-state index contributed by atoms with van der Waals surface area (Å²) >= 11 is 1.72. The van der Waals surface area contributed by atoms with Crippen LogP contribution in [0.25, 0.3) is 0 Å². The Bertz CT molecular complexity index is 616. The van der Waals surface area contributed by atoms with E-state index in [0.29, 0.717) is 12.6 Å². The first-order chi connectivity index (χ1) is 12.2. The molecule has 1 aliphatic heterocycles. The average Bonchev–Trinajstić information content (AvgIpc) is 2.81. The number of thioether (sulfide) groups is 1. The van der Waals surface area contributed by atoms with Gasteiger partial charge in [0.05, 0.1) is 6.04 Å². The summed E-state index contributed by atoms with van der Waals surface area (Å²) in [6, 6.07) is 6.85. The van der Waals surface area contributed by atoms with Crippen molar-refractivity contribution < 1.29 is 9.18 Å². The zero-order valence-corrected chi connectivity index (χ0v) is 15.6. The van der Waals surface area contributed by atoms with E-state index in [0.717, 1.165) is 22.9 Å². The third-order valence-electron chi connectivity index (χ3n) is 5.00. The van der Waals surface area contributed by atoms with E-state index >= 15 is 0 Å². The van der Waals surface area contributed by atoms with Gasteiger partial charge in [-0.05, 0) is 30.5 Å². The summed E-state index contributed by atoms with van der Waals surface area (Å²) in [6.07, 6.45) is 8.33. The van der Waals surface area contributed by atoms with Crippen molar-refractivity contribution in [2.24, 2.45) is 4.99 Å². The van der Waals surface area contributed by atoms with Crippen molar-refractivity contribution in [2.75, 3.05) is 12.8 Å². The van der Waals surface area contributed by atoms with Crippen LogP contribution in [0, 0.1) is 5.82 Å². The molecule has 4 nitrogen and oxygen atoms in total. The van der Waals surface area contributed by atoms with Crippen molar-refractivity contribution in [3.05, 3.63) is 35.6 Å². The van der Waals surface area contributed by atoms with E-state index in [2.05, 4.69) is 4.90 Å². The highest BCUT2D eigenvalue weighted by molar-refractivity contribution is 8.14. The van der Waals surface area contributed by atoms with Crippen LogP contribution in [0.5, 0.6) is 0 Å². The molecule has 1 saturated carbocycles. The molecule has 2 fully saturated rings. The van der Waals surface area contributed by atoms with Gasteiger partial charge < -0.3 is 9.80 Å². The largest absolute Gasteiger partial charge is 0.333 e. The fraction of sp³-hybridized carbons (Fsp3) is 0.579. The van der Waals surface area contributed by atoms with Crippen LogP contribution in [0.15, 0.2) is 29.3 Å². The maximum atomic E-state index is 13.4. The normalized spacial score (nSPS) is 23.7. The van der Waals surface area contributed by atoms with Gasteiger partial charge in [-0.1, -0.05) is 49.6 Å². The van der Waals surface area contributed by atoms with Crippen LogP contribution in [0.4, 0.5) is 4.39 Å². The zero-order valence-electron chi connectivity index (χ0n) is 14.7. The highest BCUT2D eigenvalue weighted by Crippen LogP contribution is 2.28. The number of aliphatic imine (C=N–C) groups is 1. The molecule has 1 amide bonds. The van der Waals surface area contributed by atoms with E-state index in [1.54, 1.807) is 22.7 Å². The van der Waals surface area contributed by atoms with Crippen LogP contribution < -0.4 is 0 Å². The topological polar surface area (TPSA) is 35.9 Å². The highest BCUT2D eigenvalue weighted by atomic mass is 32.2. The Morgan fingerprint density at radius 3 is 2.76 bits per heavy atom. The maximum absolute atomic E-state index is 13.4. The van der Waals surface area contributed by atoms with E-state index in [9.17, 15) is 9.18 Å². The van der Waals surface area contributed by atoms with Crippen LogP contribution >= 0.6 is 11.8 Å². The quantitative estimate of drug-likeness (QED) is 0.589. The van der Waals surface area contributed by atoms with Gasteiger partial charge in [-0.2, -0.15) is 0 Å². The minimum atomic E-state index is -0.270. The minimum Gasteiger partial charge on any atom is -0.333 e. The lowest BCUT2D eigenvalue weighted by atomic mass is 10.1. The zero-order chi connectivity index (χ0) is 17.6. The average molecular weight is 364 g/mol. The van der Waals surface area contributed by atoms with Gasteiger partial charge in [-0.3, -0.25) is 9.79 Å². The van der Waals surface area contributed by atoms with Crippen LogP contribution in [0.2, 0.25) is 0 Å². The molecule has 0 bridgehead atoms. The fourth-order valence-corrected chi connectivity index (χ4v) is 4.80. The Hall–Kier alpha value is -1.56. The van der Waals surface area contributed by atoms with Gasteiger partial charge in [0.15, 0.2) is 5.17 Å². The Morgan fingerprint density at radius 1 is 1.32 bits per heavy atom. The summed E-state index contributed by atoms with van der Waals surface area (Å²) in [4.78, 5) is 20.4. The van der Waals surface area contributed by atoms with Gasteiger partial charge >= 0.3 is 0 Å². The van der Waals surface area contributed by atoms with E-state index in [4.69, 9.17) is 4.99 Å². The van der Waals surface area contributed by atoms with E-state index in [1.165, 1.54) is 50.7 Å². The molecule has 1 atom stereocenters. The van der Waals surface area contributed by atoms with Gasteiger partial charge in [0, 0.05) is 19.3 Å². The lowest BCUT2D eigenvalue weighted by Crippen LogP contribution is -2.44. The van der Waals surface area contributed by atoms with Crippen molar-refractivity contribution in [1.29, 1.82) is 0 Å². The second-order valence-corrected chi connectivity index (χ2v) is 7.85. The SMILES string of the molecule is CN1C(=NC2CCCCCC2)SCC1N(C=O)Cc1cccc(F)c1. The van der Waals surface area contributed by atoms with Crippen LogP contribution in [0.3, 0.4) is 0 Å². The first-order valence-electron chi connectivity index (χ1n) is 9.06. The molecular weight excluding hydrogens is 337 g/mol. The molecule has 3 rings (SSSR count). The molecule has 1 aromatic carbocycles. The molecule has 0 spiro atoms. The van der Waals surface area contributed by atoms with Crippen LogP contribution in [-0.2, 0) is 11.3 Å². The molecule has 1 aliphatic carbocycles. The van der Waals surface area contributed by atoms with Crippen LogP contribution in [-0.4, -0.2) is 46.4 Å². The first kappa shape index (κ1) is 18.2. The Labute approximate surface area is 153 Å². The molecule has 1 unspecified atom stereocenters. The van der Waals surface area contributed by atoms with Gasteiger partial charge in [-0.15, -0.1) is 0 Å². The first-order valence-corrected chi connectivity index (χ1v) is 10.0. The van der Waals surface area contributed by atoms with Crippen molar-refractivity contribution in [2.45, 2.75) is 57.3 Å². The number of carbonyl (C=O) groups is 1. The summed E-state index contributed by atoms with van der Waals surface area (Å²) in [5.74, 6) is 0.531. The van der Waals surface area contributed by atoms with Crippen molar-refractivity contribution >= 4 is 23.3 Å². The maximum Gasteiger partial charge on any atom is 0.211 e. The standard InChI is InChI=1S/C19H26FN3OS/c1-22-18(23(14-24)12-15-7-6-8-16(20)11-15)13-25-19(22)21-17-9-4-2-3-5-10-17/h6-8,11,14,17-18H,2-5,9-10,12-13H2,1H3. The van der Waals surface area contributed by atoms with Gasteiger partial charge in [-0.25, -0.2) is 4.39 Å². The summed E-state index contributed by atoms with van der Waals surface area (Å²) in [7, 11) is 2.00. The number of amides is 1. The molecule has 1 aromatic rings. The van der Waals surface area contributed by atoms with Gasteiger partial charge in [0.1, 0.15) is 12.0 Å². The van der Waals surface area contributed by atoms with Crippen LogP contribution in [0.1, 0.15) is 44.1 Å². The molecule has 2 aliphatic rings. The molecule has 136 valence electrons. The lowest BCUT2D eigenvalue weighted by Gasteiger charge is -2.30. The molecule has 6 heteroatoms. The Kier molecular flexibility index (Phi) is 6.34. The molecule has 0 N–H and O–H groups in total. The number of carbonyl (C=O) groups excluding carboxylic acids is 1. The number of nitrogens with zero attached hydrogens (tertiary/aromatic N) is 3. The van der Waals surface area contributed by atoms with Crippen molar-refractivity contribution in [1.82, 2.24) is 9.80 Å². The predicted octanol–water partition coefficient (Wildman–Crippen LogP) is 3.87. The summed E-state index contributed by atoms with van der Waals surface area (Å²) in [6.45, 7) is 0.410. The third kappa shape index (κ3) is 4.75. The monoisotopic (exact) mass is 363 g/mol. The number of halogens is 1. The van der Waals surface area contributed by atoms with E-state index < -0.39 is 0 Å². The summed E-state index contributed by atoms with van der Waals surface area (Å²) in [5.41, 5.74) is 0.805. The molecule has 0 radical (unpaired) electrons. The minimum absolute atomic E-state index is 0.0321. The Morgan fingerprint density at radius 2 is 2.08 bits per heavy atom. The molecule has 25 heavy (non-hydrogen) atoms. The van der Waals surface area contributed by atoms with Gasteiger partial charge in [0.25, 0.3) is 0 Å². The molecule has 0 aromatic heterocycles. The molecule has 1 heterocycles. The molecule has 1 saturated heterocycles. The molecular formula is C19H26FN3OS. The second-order valence-electron chi connectivity index (χ2n) is 6.87. The van der Waals surface area contributed by atoms with E-state index in [1.807, 2.05) is 13.1 Å². The number of hydrogen-bond donors (Lipinski definition) is 0. The fourth-order valence-electron chi connectivity index (χ4n) is 3.54. The van der Waals surface area contributed by atoms with E-state index in [-0.39, 0.29) is 12.0 Å². The number of hydrogen-bond acceptors (Lipinski definition) is 3. The van der Waals surface area contributed by atoms with Gasteiger partial charge in [0.2, 0.25) is 6.41 Å². The number of benzene rings is 1. The number of amidine groups is 1. The van der Waals surface area contributed by atoms with Crippen molar-refractivity contribution in [3.63, 3.8) is 0 Å². The Balaban J connectivity index is 1.66. The second kappa shape index (κ2) is 8.70. The predicted molar refractivity (Wildman–Crippen MR) is 101 cm³/mol. The summed E-state index contributed by atoms with van der Waals surface area (Å²) < 4.78 is 13.4. The highest BCUT2D eigenvalue weighted by Gasteiger charge is 2.32. The number of rotatable bonds is 5. The summed E-state index contributed by atoms with van der Waals surface area (Å²) in [5, 5.41) is 1.03. The van der Waals surface area contributed by atoms with Crippen molar-refractivity contribution in [3.8, 4) is 0 Å². The lowest BCUT2D eigenvalue weighted by molar-refractivity contribution is -0.122.